The Morgan fingerprint density at radius 2 is 2.00 bits per heavy atom. The number of pyridine rings is 1. The summed E-state index contributed by atoms with van der Waals surface area (Å²) < 4.78 is 34.3. The fraction of sp³-hybridized carbons (Fsp3) is 0.250. The van der Waals surface area contributed by atoms with E-state index in [-0.39, 0.29) is 4.90 Å². The predicted octanol–water partition coefficient (Wildman–Crippen LogP) is 3.88. The van der Waals surface area contributed by atoms with Crippen molar-refractivity contribution in [1.82, 2.24) is 9.71 Å². The minimum Gasteiger partial charge on any atom is -0.482 e. The minimum absolute atomic E-state index is 0.0966. The van der Waals surface area contributed by atoms with Gasteiger partial charge in [0, 0.05) is 17.8 Å². The molecule has 2 N–H and O–H groups in total. The summed E-state index contributed by atoms with van der Waals surface area (Å²) in [5.41, 5.74) is 4.39. The molecule has 7 nitrogen and oxygen atoms in total. The van der Waals surface area contributed by atoms with Crippen LogP contribution in [-0.2, 0) is 21.2 Å². The molecule has 1 aliphatic carbocycles. The molecular weight excluding hydrogens is 428 g/mol. The molecule has 1 aromatic heterocycles. The number of nitrogens with one attached hydrogen (secondary N) is 1. The van der Waals surface area contributed by atoms with E-state index in [0.717, 1.165) is 28.7 Å². The standard InChI is InChI=1S/C24H24N2O5S/c1-16-5-2-6-17(13-16)21-12-11-18(14-25-21)32(29,30)26-22-9-3-8-20-19(22)7-4-10-23(20)31-15-24(27)28/h2,4-7,10-14,22,26H,3,8-9,15H2,1H3,(H,27,28). The molecule has 1 aliphatic rings. The molecule has 2 aromatic carbocycles. The molecule has 3 aromatic rings. The average Bonchev–Trinajstić information content (AvgIpc) is 2.78. The average molecular weight is 453 g/mol. The molecule has 1 heterocycles. The highest BCUT2D eigenvalue weighted by molar-refractivity contribution is 7.89. The molecule has 8 heteroatoms. The molecule has 1 unspecified atom stereocenters. The maximum Gasteiger partial charge on any atom is 0.341 e. The monoisotopic (exact) mass is 452 g/mol. The van der Waals surface area contributed by atoms with Crippen LogP contribution < -0.4 is 9.46 Å². The van der Waals surface area contributed by atoms with Gasteiger partial charge in [-0.1, -0.05) is 35.9 Å². The van der Waals surface area contributed by atoms with Gasteiger partial charge < -0.3 is 9.84 Å². The molecular formula is C24H24N2O5S. The summed E-state index contributed by atoms with van der Waals surface area (Å²) in [7, 11) is -3.80. The van der Waals surface area contributed by atoms with Crippen LogP contribution in [0.4, 0.5) is 0 Å². The van der Waals surface area contributed by atoms with Gasteiger partial charge in [0.05, 0.1) is 5.69 Å². The van der Waals surface area contributed by atoms with Crippen molar-refractivity contribution in [2.75, 3.05) is 6.61 Å². The van der Waals surface area contributed by atoms with Gasteiger partial charge >= 0.3 is 5.97 Å². The van der Waals surface area contributed by atoms with E-state index in [2.05, 4.69) is 9.71 Å². The van der Waals surface area contributed by atoms with Gasteiger partial charge in [0.1, 0.15) is 10.6 Å². The minimum atomic E-state index is -3.80. The number of aromatic nitrogens is 1. The van der Waals surface area contributed by atoms with E-state index in [9.17, 15) is 13.2 Å². The first-order valence-corrected chi connectivity index (χ1v) is 11.8. The van der Waals surface area contributed by atoms with Gasteiger partial charge in [0.15, 0.2) is 6.61 Å². The van der Waals surface area contributed by atoms with Crippen LogP contribution >= 0.6 is 0 Å². The predicted molar refractivity (Wildman–Crippen MR) is 120 cm³/mol. The number of carbonyl (C=O) groups is 1. The Morgan fingerprint density at radius 1 is 1.19 bits per heavy atom. The molecule has 4 rings (SSSR count). The van der Waals surface area contributed by atoms with Gasteiger partial charge in [-0.25, -0.2) is 17.9 Å². The summed E-state index contributed by atoms with van der Waals surface area (Å²) in [5, 5.41) is 8.89. The van der Waals surface area contributed by atoms with E-state index in [4.69, 9.17) is 9.84 Å². The van der Waals surface area contributed by atoms with Crippen molar-refractivity contribution in [2.45, 2.75) is 37.1 Å². The van der Waals surface area contributed by atoms with E-state index >= 15 is 0 Å². The number of aliphatic carboxylic acids is 1. The number of sulfonamides is 1. The Balaban J connectivity index is 1.56. The van der Waals surface area contributed by atoms with Gasteiger partial charge in [-0.3, -0.25) is 4.98 Å². The van der Waals surface area contributed by atoms with Crippen molar-refractivity contribution in [2.24, 2.45) is 0 Å². The van der Waals surface area contributed by atoms with Crippen molar-refractivity contribution < 1.29 is 23.1 Å². The van der Waals surface area contributed by atoms with Crippen LogP contribution in [0.5, 0.6) is 5.75 Å². The van der Waals surface area contributed by atoms with Crippen LogP contribution in [-0.4, -0.2) is 31.1 Å². The van der Waals surface area contributed by atoms with Crippen LogP contribution in [0.1, 0.15) is 35.6 Å². The fourth-order valence-electron chi connectivity index (χ4n) is 3.98. The number of fused-ring (bicyclic) bond motifs is 1. The molecule has 0 saturated heterocycles. The van der Waals surface area contributed by atoms with Gasteiger partial charge in [-0.05, 0) is 61.6 Å². The van der Waals surface area contributed by atoms with Crippen molar-refractivity contribution in [1.29, 1.82) is 0 Å². The molecule has 32 heavy (non-hydrogen) atoms. The molecule has 166 valence electrons. The lowest BCUT2D eigenvalue weighted by Crippen LogP contribution is -2.31. The summed E-state index contributed by atoms with van der Waals surface area (Å²) in [6.45, 7) is 1.55. The third-order valence-corrected chi connectivity index (χ3v) is 6.93. The summed E-state index contributed by atoms with van der Waals surface area (Å²) in [5.74, 6) is -0.574. The van der Waals surface area contributed by atoms with E-state index in [0.29, 0.717) is 24.3 Å². The van der Waals surface area contributed by atoms with Gasteiger partial charge in [-0.15, -0.1) is 0 Å². The molecule has 0 aliphatic heterocycles. The molecule has 0 spiro atoms. The molecule has 0 bridgehead atoms. The fourth-order valence-corrected chi connectivity index (χ4v) is 5.18. The zero-order valence-electron chi connectivity index (χ0n) is 17.6. The highest BCUT2D eigenvalue weighted by atomic mass is 32.2. The first-order valence-electron chi connectivity index (χ1n) is 10.4. The van der Waals surface area contributed by atoms with Crippen molar-refractivity contribution in [3.05, 3.63) is 77.5 Å². The number of carboxylic acids is 1. The first-order chi connectivity index (χ1) is 15.3. The van der Waals surface area contributed by atoms with Gasteiger partial charge in [0.25, 0.3) is 0 Å². The van der Waals surface area contributed by atoms with Gasteiger partial charge in [-0.2, -0.15) is 0 Å². The number of rotatable bonds is 7. The quantitative estimate of drug-likeness (QED) is 0.564. The second kappa shape index (κ2) is 9.10. The highest BCUT2D eigenvalue weighted by Crippen LogP contribution is 2.36. The van der Waals surface area contributed by atoms with Crippen molar-refractivity contribution in [3.8, 4) is 17.0 Å². The second-order valence-corrected chi connectivity index (χ2v) is 9.54. The normalized spacial score (nSPS) is 15.7. The smallest absolute Gasteiger partial charge is 0.341 e. The van der Waals surface area contributed by atoms with Crippen molar-refractivity contribution >= 4 is 16.0 Å². The number of ether oxygens (including phenoxy) is 1. The Labute approximate surface area is 187 Å². The molecule has 0 saturated carbocycles. The summed E-state index contributed by atoms with van der Waals surface area (Å²) in [6, 6.07) is 16.0. The maximum absolute atomic E-state index is 13.1. The number of carboxylic acid groups (broad SMARTS) is 1. The lowest BCUT2D eigenvalue weighted by molar-refractivity contribution is -0.139. The summed E-state index contributed by atoms with van der Waals surface area (Å²) >= 11 is 0. The number of nitrogens with zero attached hydrogens (tertiary/aromatic N) is 1. The number of hydrogen-bond donors (Lipinski definition) is 2. The maximum atomic E-state index is 13.1. The summed E-state index contributed by atoms with van der Waals surface area (Å²) in [6.07, 6.45) is 3.48. The Bertz CT molecular complexity index is 1240. The SMILES string of the molecule is Cc1cccc(-c2ccc(S(=O)(=O)NC3CCCc4c(OCC(=O)O)cccc43)cn2)c1. The molecule has 0 radical (unpaired) electrons. The van der Waals surface area contributed by atoms with E-state index in [1.54, 1.807) is 24.3 Å². The van der Waals surface area contributed by atoms with Crippen LogP contribution in [0, 0.1) is 6.92 Å². The van der Waals surface area contributed by atoms with Crippen LogP contribution in [0.3, 0.4) is 0 Å². The lowest BCUT2D eigenvalue weighted by Gasteiger charge is -2.27. The Hall–Kier alpha value is -3.23. The zero-order valence-corrected chi connectivity index (χ0v) is 18.4. The third-order valence-electron chi connectivity index (χ3n) is 5.47. The number of aryl methyl sites for hydroxylation is 1. The van der Waals surface area contributed by atoms with Crippen molar-refractivity contribution in [3.63, 3.8) is 0 Å². The second-order valence-electron chi connectivity index (χ2n) is 7.82. The van der Waals surface area contributed by atoms with E-state index < -0.39 is 28.6 Å². The Kier molecular flexibility index (Phi) is 6.25. The first kappa shape index (κ1) is 22.0. The van der Waals surface area contributed by atoms with Crippen LogP contribution in [0.2, 0.25) is 0 Å². The van der Waals surface area contributed by atoms with Gasteiger partial charge in [0.2, 0.25) is 10.0 Å². The van der Waals surface area contributed by atoms with E-state index in [1.807, 2.05) is 37.3 Å². The topological polar surface area (TPSA) is 106 Å². The molecule has 0 amide bonds. The molecule has 0 fully saturated rings. The summed E-state index contributed by atoms with van der Waals surface area (Å²) in [4.78, 5) is 15.3. The van der Waals surface area contributed by atoms with Crippen LogP contribution in [0.15, 0.2) is 65.7 Å². The van der Waals surface area contributed by atoms with Crippen LogP contribution in [0.25, 0.3) is 11.3 Å². The highest BCUT2D eigenvalue weighted by Gasteiger charge is 2.28. The Morgan fingerprint density at radius 3 is 2.72 bits per heavy atom. The van der Waals surface area contributed by atoms with E-state index in [1.165, 1.54) is 6.20 Å². The molecule has 1 atom stereocenters. The number of hydrogen-bond acceptors (Lipinski definition) is 5. The zero-order chi connectivity index (χ0) is 22.7. The lowest BCUT2D eigenvalue weighted by atomic mass is 9.87. The number of benzene rings is 2. The largest absolute Gasteiger partial charge is 0.482 e. The third kappa shape index (κ3) is 4.81.